The van der Waals surface area contributed by atoms with Crippen molar-refractivity contribution in [3.05, 3.63) is 82.2 Å². The molecule has 0 amide bonds. The van der Waals surface area contributed by atoms with Crippen LogP contribution in [0.25, 0.3) is 32.9 Å². The molecule has 184 valence electrons. The van der Waals surface area contributed by atoms with Crippen molar-refractivity contribution in [2.75, 3.05) is 11.9 Å². The molecule has 1 atom stereocenters. The van der Waals surface area contributed by atoms with E-state index in [1.807, 2.05) is 13.0 Å². The third kappa shape index (κ3) is 4.09. The summed E-state index contributed by atoms with van der Waals surface area (Å²) in [5.41, 5.74) is 3.34. The van der Waals surface area contributed by atoms with Gasteiger partial charge in [0.2, 0.25) is 5.56 Å². The van der Waals surface area contributed by atoms with Crippen LogP contribution in [0.1, 0.15) is 29.9 Å². The van der Waals surface area contributed by atoms with Crippen LogP contribution in [-0.4, -0.2) is 36.4 Å². The molecule has 8 nitrogen and oxygen atoms in total. The van der Waals surface area contributed by atoms with Crippen molar-refractivity contribution >= 4 is 27.6 Å². The third-order valence-electron chi connectivity index (χ3n) is 6.27. The average molecular weight is 491 g/mol. The van der Waals surface area contributed by atoms with E-state index < -0.39 is 12.5 Å². The number of pyridine rings is 1. The van der Waals surface area contributed by atoms with E-state index in [0.29, 0.717) is 22.7 Å². The SMILES string of the molecule is Cc1nc(N[C@H](C)c2cccc(C(F)(F)CO)c2)c2cc(-c3ccc(=O)n(C)c3)c3[nH]ncc3c2n1. The number of hydrogen-bond donors (Lipinski definition) is 3. The van der Waals surface area contributed by atoms with E-state index in [-0.39, 0.29) is 17.2 Å². The first kappa shape index (κ1) is 23.6. The predicted molar refractivity (Wildman–Crippen MR) is 134 cm³/mol. The fraction of sp³-hybridized carbons (Fsp3) is 0.231. The Labute approximate surface area is 204 Å². The van der Waals surface area contributed by atoms with Crippen molar-refractivity contribution in [1.82, 2.24) is 24.7 Å². The molecule has 0 saturated heterocycles. The number of alkyl halides is 2. The van der Waals surface area contributed by atoms with Crippen LogP contribution in [0.15, 0.2) is 59.7 Å². The Hall–Kier alpha value is -4.18. The second-order valence-electron chi connectivity index (χ2n) is 8.82. The Bertz CT molecular complexity index is 1660. The Kier molecular flexibility index (Phi) is 5.76. The fourth-order valence-electron chi connectivity index (χ4n) is 4.32. The van der Waals surface area contributed by atoms with Gasteiger partial charge in [-0.05, 0) is 37.6 Å². The van der Waals surface area contributed by atoms with Gasteiger partial charge < -0.3 is 15.0 Å². The molecule has 10 heteroatoms. The second-order valence-corrected chi connectivity index (χ2v) is 8.82. The van der Waals surface area contributed by atoms with Gasteiger partial charge in [0.15, 0.2) is 0 Å². The molecule has 5 rings (SSSR count). The van der Waals surface area contributed by atoms with Gasteiger partial charge in [-0.1, -0.05) is 18.2 Å². The van der Waals surface area contributed by atoms with Crippen LogP contribution in [0, 0.1) is 6.92 Å². The number of aryl methyl sites for hydroxylation is 2. The molecule has 2 aromatic carbocycles. The summed E-state index contributed by atoms with van der Waals surface area (Å²) in [7, 11) is 1.69. The van der Waals surface area contributed by atoms with Gasteiger partial charge in [0.1, 0.15) is 18.2 Å². The number of nitrogens with zero attached hydrogens (tertiary/aromatic N) is 4. The zero-order chi connectivity index (χ0) is 25.6. The van der Waals surface area contributed by atoms with Gasteiger partial charge in [-0.3, -0.25) is 9.89 Å². The molecular formula is C26H24F2N6O2. The quantitative estimate of drug-likeness (QED) is 0.325. The number of H-pyrrole nitrogens is 1. The first-order valence-corrected chi connectivity index (χ1v) is 11.3. The Morgan fingerprint density at radius 3 is 2.72 bits per heavy atom. The van der Waals surface area contributed by atoms with Gasteiger partial charge in [-0.15, -0.1) is 0 Å². The van der Waals surface area contributed by atoms with Crippen LogP contribution in [0.3, 0.4) is 0 Å². The summed E-state index contributed by atoms with van der Waals surface area (Å²) in [6, 6.07) is 10.8. The maximum Gasteiger partial charge on any atom is 0.295 e. The van der Waals surface area contributed by atoms with Gasteiger partial charge in [-0.2, -0.15) is 13.9 Å². The Balaban J connectivity index is 1.64. The number of rotatable bonds is 6. The highest BCUT2D eigenvalue weighted by atomic mass is 19.3. The van der Waals surface area contributed by atoms with Gasteiger partial charge >= 0.3 is 0 Å². The molecule has 0 saturated carbocycles. The number of anilines is 1. The predicted octanol–water partition coefficient (Wildman–Crippen LogP) is 4.44. The summed E-state index contributed by atoms with van der Waals surface area (Å²) in [5, 5.41) is 21.2. The summed E-state index contributed by atoms with van der Waals surface area (Å²) in [6.07, 6.45) is 3.45. The van der Waals surface area contributed by atoms with Gasteiger partial charge in [0.05, 0.1) is 17.2 Å². The third-order valence-corrected chi connectivity index (χ3v) is 6.27. The van der Waals surface area contributed by atoms with Gasteiger partial charge in [-0.25, -0.2) is 9.97 Å². The summed E-state index contributed by atoms with van der Waals surface area (Å²) < 4.78 is 29.6. The Morgan fingerprint density at radius 2 is 1.97 bits per heavy atom. The van der Waals surface area contributed by atoms with Crippen LogP contribution >= 0.6 is 0 Å². The summed E-state index contributed by atoms with van der Waals surface area (Å²) in [6.45, 7) is 2.37. The molecular weight excluding hydrogens is 466 g/mol. The summed E-state index contributed by atoms with van der Waals surface area (Å²) >= 11 is 0. The highest BCUT2D eigenvalue weighted by molar-refractivity contribution is 6.13. The first-order chi connectivity index (χ1) is 17.2. The average Bonchev–Trinajstić information content (AvgIpc) is 3.36. The highest BCUT2D eigenvalue weighted by Crippen LogP contribution is 2.36. The number of aliphatic hydroxyl groups excluding tert-OH is 1. The van der Waals surface area contributed by atoms with E-state index in [1.54, 1.807) is 44.6 Å². The topological polar surface area (TPSA) is 109 Å². The molecule has 3 aromatic heterocycles. The number of benzene rings is 2. The van der Waals surface area contributed by atoms with E-state index in [4.69, 9.17) is 5.11 Å². The van der Waals surface area contributed by atoms with Crippen molar-refractivity contribution in [2.45, 2.75) is 25.8 Å². The molecule has 3 heterocycles. The first-order valence-electron chi connectivity index (χ1n) is 11.3. The lowest BCUT2D eigenvalue weighted by Crippen LogP contribution is -2.19. The summed E-state index contributed by atoms with van der Waals surface area (Å²) in [5.74, 6) is -2.25. The number of hydrogen-bond acceptors (Lipinski definition) is 6. The standard InChI is InChI=1S/C26H24F2N6O2/c1-14(16-5-4-6-18(9-16)26(27,28)13-35)30-25-20-10-19(17-7-8-22(36)34(3)12-17)24-21(11-29-33-24)23(20)31-15(2)32-25/h4-12,14,35H,13H2,1-3H3,(H,29,33)(H,30,31,32)/t14-/m1/s1. The lowest BCUT2D eigenvalue weighted by molar-refractivity contribution is -0.0556. The van der Waals surface area contributed by atoms with E-state index >= 15 is 0 Å². The van der Waals surface area contributed by atoms with Crippen LogP contribution in [0.4, 0.5) is 14.6 Å². The van der Waals surface area contributed by atoms with E-state index in [9.17, 15) is 13.6 Å². The van der Waals surface area contributed by atoms with Crippen molar-refractivity contribution in [1.29, 1.82) is 0 Å². The number of aromatic nitrogens is 5. The number of nitrogens with one attached hydrogen (secondary N) is 2. The number of fused-ring (bicyclic) bond motifs is 3. The molecule has 0 spiro atoms. The molecule has 0 unspecified atom stereocenters. The molecule has 36 heavy (non-hydrogen) atoms. The minimum atomic E-state index is -3.33. The molecule has 0 aliphatic rings. The van der Waals surface area contributed by atoms with E-state index in [0.717, 1.165) is 27.4 Å². The lowest BCUT2D eigenvalue weighted by Gasteiger charge is -2.20. The largest absolute Gasteiger partial charge is 0.390 e. The normalized spacial score (nSPS) is 12.8. The summed E-state index contributed by atoms with van der Waals surface area (Å²) in [4.78, 5) is 21.2. The molecule has 5 aromatic rings. The van der Waals surface area contributed by atoms with Crippen molar-refractivity contribution in [3.63, 3.8) is 0 Å². The van der Waals surface area contributed by atoms with Crippen LogP contribution in [0.2, 0.25) is 0 Å². The maximum absolute atomic E-state index is 14.1. The minimum absolute atomic E-state index is 0.121. The van der Waals surface area contributed by atoms with Crippen LogP contribution < -0.4 is 10.9 Å². The molecule has 0 radical (unpaired) electrons. The van der Waals surface area contributed by atoms with Crippen LogP contribution in [-0.2, 0) is 13.0 Å². The maximum atomic E-state index is 14.1. The number of halogens is 2. The van der Waals surface area contributed by atoms with E-state index in [1.165, 1.54) is 22.8 Å². The number of aliphatic hydroxyl groups is 1. The molecule has 0 fully saturated rings. The smallest absolute Gasteiger partial charge is 0.295 e. The van der Waals surface area contributed by atoms with Gasteiger partial charge in [0, 0.05) is 52.8 Å². The highest BCUT2D eigenvalue weighted by Gasteiger charge is 2.30. The zero-order valence-electron chi connectivity index (χ0n) is 19.9. The zero-order valence-corrected chi connectivity index (χ0v) is 19.9. The minimum Gasteiger partial charge on any atom is -0.390 e. The van der Waals surface area contributed by atoms with E-state index in [2.05, 4.69) is 25.5 Å². The second kappa shape index (κ2) is 8.80. The molecule has 3 N–H and O–H groups in total. The van der Waals surface area contributed by atoms with Crippen molar-refractivity contribution < 1.29 is 13.9 Å². The molecule has 0 bridgehead atoms. The monoisotopic (exact) mass is 490 g/mol. The number of aromatic amines is 1. The lowest BCUT2D eigenvalue weighted by atomic mass is 10.00. The van der Waals surface area contributed by atoms with Crippen molar-refractivity contribution in [3.8, 4) is 11.1 Å². The molecule has 0 aliphatic heterocycles. The fourth-order valence-corrected chi connectivity index (χ4v) is 4.32. The van der Waals surface area contributed by atoms with Crippen molar-refractivity contribution in [2.24, 2.45) is 7.05 Å². The van der Waals surface area contributed by atoms with Crippen LogP contribution in [0.5, 0.6) is 0 Å². The Morgan fingerprint density at radius 1 is 1.17 bits per heavy atom. The van der Waals surface area contributed by atoms with Gasteiger partial charge in [0.25, 0.3) is 5.92 Å². The molecule has 0 aliphatic carbocycles.